The molecule has 1 aliphatic rings. The largest absolute Gasteiger partial charge is 0.738 e. The molecule has 42 heavy (non-hydrogen) atoms. The zero-order valence-electron chi connectivity index (χ0n) is 23.8. The Morgan fingerprint density at radius 2 is 1.93 bits per heavy atom. The van der Waals surface area contributed by atoms with Gasteiger partial charge in [-0.05, 0) is 31.0 Å². The first kappa shape index (κ1) is 31.6. The molecule has 0 radical (unpaired) electrons. The summed E-state index contributed by atoms with van der Waals surface area (Å²) >= 11 is 0. The molecule has 0 saturated carbocycles. The van der Waals surface area contributed by atoms with E-state index in [-0.39, 0.29) is 30.4 Å². The third-order valence-electron chi connectivity index (χ3n) is 7.11. The van der Waals surface area contributed by atoms with E-state index in [1.165, 1.54) is 22.7 Å². The van der Waals surface area contributed by atoms with Gasteiger partial charge in [0.15, 0.2) is 0 Å². The van der Waals surface area contributed by atoms with Gasteiger partial charge in [-0.2, -0.15) is 4.31 Å². The fourth-order valence-electron chi connectivity index (χ4n) is 5.06. The molecule has 0 bridgehead atoms. The monoisotopic (exact) mass is 606 g/mol. The lowest BCUT2D eigenvalue weighted by Gasteiger charge is -2.34. The van der Waals surface area contributed by atoms with E-state index in [2.05, 4.69) is 15.0 Å². The van der Waals surface area contributed by atoms with Gasteiger partial charge in [-0.15, -0.1) is 5.39 Å². The van der Waals surface area contributed by atoms with Crippen LogP contribution in [0.4, 0.5) is 0 Å². The summed E-state index contributed by atoms with van der Waals surface area (Å²) in [5.74, 6) is 0.539. The number of nitrogens with zero attached hydrogens (tertiary/aromatic N) is 6. The second-order valence-electron chi connectivity index (χ2n) is 9.85. The molecule has 0 aliphatic carbocycles. The number of fused-ring (bicyclic) bond motifs is 1. The van der Waals surface area contributed by atoms with Crippen molar-refractivity contribution in [3.8, 4) is 17.1 Å². The highest BCUT2D eigenvalue weighted by atomic mass is 32.2. The number of nitrogens with one attached hydrogen (secondary N) is 1. The first-order chi connectivity index (χ1) is 20.1. The molecule has 15 nitrogen and oxygen atoms in total. The van der Waals surface area contributed by atoms with Crippen LogP contribution in [0.1, 0.15) is 37.9 Å². The minimum absolute atomic E-state index is 0.0260. The van der Waals surface area contributed by atoms with Crippen molar-refractivity contribution in [2.75, 3.05) is 45.9 Å². The Balaban J connectivity index is 1.73. The molecule has 230 valence electrons. The van der Waals surface area contributed by atoms with Crippen LogP contribution in [-0.4, -0.2) is 100 Å². The van der Waals surface area contributed by atoms with E-state index in [1.54, 1.807) is 17.7 Å². The topological polar surface area (TPSA) is 189 Å². The molecule has 1 aliphatic heterocycles. The van der Waals surface area contributed by atoms with Crippen molar-refractivity contribution >= 4 is 27.3 Å². The van der Waals surface area contributed by atoms with E-state index in [4.69, 9.17) is 14.9 Å². The maximum atomic E-state index is 13.7. The smallest absolute Gasteiger partial charge is 0.275 e. The second kappa shape index (κ2) is 13.7. The lowest BCUT2D eigenvalue weighted by Crippen LogP contribution is -2.49. The Hall–Kier alpha value is -3.38. The molecule has 1 aromatic carbocycles. The Bertz CT molecular complexity index is 1580. The quantitative estimate of drug-likeness (QED) is 0.146. The third kappa shape index (κ3) is 6.64. The van der Waals surface area contributed by atoms with E-state index >= 15 is 0 Å². The lowest BCUT2D eigenvalue weighted by molar-refractivity contribution is -0.306. The number of aromatic nitrogens is 3. The van der Waals surface area contributed by atoms with Crippen LogP contribution < -0.4 is 10.3 Å². The molecule has 0 atom stereocenters. The number of aromatic amines is 1. The van der Waals surface area contributed by atoms with Gasteiger partial charge >= 0.3 is 0 Å². The van der Waals surface area contributed by atoms with Crippen molar-refractivity contribution in [2.45, 2.75) is 38.0 Å². The van der Waals surface area contributed by atoms with Crippen molar-refractivity contribution in [1.29, 1.82) is 0 Å². The molecule has 1 fully saturated rings. The number of hydrogen-bond acceptors (Lipinski definition) is 12. The van der Waals surface area contributed by atoms with E-state index in [0.29, 0.717) is 67.1 Å². The van der Waals surface area contributed by atoms with Gasteiger partial charge in [0.1, 0.15) is 22.6 Å². The fourth-order valence-corrected chi connectivity index (χ4v) is 6.51. The Kier molecular flexibility index (Phi) is 10.3. The van der Waals surface area contributed by atoms with Crippen LogP contribution in [0.2, 0.25) is 0 Å². The van der Waals surface area contributed by atoms with Crippen molar-refractivity contribution in [2.24, 2.45) is 12.2 Å². The highest BCUT2D eigenvalue weighted by Crippen LogP contribution is 2.33. The molecule has 3 N–H and O–H groups in total. The normalized spacial score (nSPS) is 15.4. The van der Waals surface area contributed by atoms with Crippen LogP contribution >= 0.6 is 0 Å². The molecule has 4 rings (SSSR count). The van der Waals surface area contributed by atoms with Crippen molar-refractivity contribution < 1.29 is 28.4 Å². The number of ether oxygens (including phenoxy) is 1. The number of rotatable bonds is 13. The average molecular weight is 607 g/mol. The van der Waals surface area contributed by atoms with Gasteiger partial charge in [0, 0.05) is 45.3 Å². The number of piperazine rings is 1. The van der Waals surface area contributed by atoms with Crippen LogP contribution in [-0.2, 0) is 28.3 Å². The molecule has 1 saturated heterocycles. The lowest BCUT2D eigenvalue weighted by atomic mass is 10.1. The highest BCUT2D eigenvalue weighted by molar-refractivity contribution is 7.89. The minimum Gasteiger partial charge on any atom is -0.738 e. The molecule has 3 heterocycles. The summed E-state index contributed by atoms with van der Waals surface area (Å²) in [5, 5.41) is 30.8. The van der Waals surface area contributed by atoms with Crippen LogP contribution in [0.25, 0.3) is 22.4 Å². The first-order valence-electron chi connectivity index (χ1n) is 13.7. The van der Waals surface area contributed by atoms with Crippen LogP contribution in [0.5, 0.6) is 5.75 Å². The molecular weight excluding hydrogens is 570 g/mol. The van der Waals surface area contributed by atoms with Gasteiger partial charge in [-0.3, -0.25) is 14.5 Å². The summed E-state index contributed by atoms with van der Waals surface area (Å²) in [6, 6.07) is 4.51. The summed E-state index contributed by atoms with van der Waals surface area (Å²) in [5.41, 5.74) is 1.94. The first-order valence-corrected chi connectivity index (χ1v) is 15.1. The number of oxime groups is 1. The van der Waals surface area contributed by atoms with Gasteiger partial charge in [0.05, 0.1) is 35.6 Å². The molecule has 16 heteroatoms. The Labute approximate surface area is 243 Å². The van der Waals surface area contributed by atoms with Crippen molar-refractivity contribution in [3.63, 3.8) is 0 Å². The van der Waals surface area contributed by atoms with Crippen LogP contribution in [0.15, 0.2) is 33.0 Å². The fraction of sp³-hybridized carbons (Fsp3) is 0.500. The molecule has 0 amide bonds. The van der Waals surface area contributed by atoms with E-state index < -0.39 is 21.0 Å². The maximum absolute atomic E-state index is 13.7. The van der Waals surface area contributed by atoms with Gasteiger partial charge in [0.2, 0.25) is 10.0 Å². The van der Waals surface area contributed by atoms with Gasteiger partial charge in [0.25, 0.3) is 5.56 Å². The van der Waals surface area contributed by atoms with Crippen LogP contribution in [0.3, 0.4) is 0 Å². The predicted octanol–water partition coefficient (Wildman–Crippen LogP) is 1.90. The Morgan fingerprint density at radius 3 is 2.57 bits per heavy atom. The minimum atomic E-state index is -3.91. The summed E-state index contributed by atoms with van der Waals surface area (Å²) in [4.78, 5) is 27.3. The van der Waals surface area contributed by atoms with E-state index in [1.807, 2.05) is 18.7 Å². The summed E-state index contributed by atoms with van der Waals surface area (Å²) in [7, 11) is -2.22. The molecule has 2 aromatic heterocycles. The van der Waals surface area contributed by atoms with E-state index in [0.717, 1.165) is 12.0 Å². The van der Waals surface area contributed by atoms with E-state index in [9.17, 15) is 23.6 Å². The molecular formula is C26H36N7O8S-. The molecule has 3 aromatic rings. The predicted molar refractivity (Wildman–Crippen MR) is 154 cm³/mol. The molecule has 0 spiro atoms. The second-order valence-corrected chi connectivity index (χ2v) is 11.8. The highest BCUT2D eigenvalue weighted by Gasteiger charge is 2.30. The van der Waals surface area contributed by atoms with Crippen molar-refractivity contribution in [1.82, 2.24) is 29.1 Å². The van der Waals surface area contributed by atoms with Gasteiger partial charge in [-0.1, -0.05) is 25.4 Å². The average Bonchev–Trinajstić information content (AvgIpc) is 3.23. The summed E-state index contributed by atoms with van der Waals surface area (Å²) < 4.78 is 36.3. The van der Waals surface area contributed by atoms with Crippen LogP contribution in [0, 0.1) is 5.21 Å². The van der Waals surface area contributed by atoms with Crippen molar-refractivity contribution in [3.05, 3.63) is 45.0 Å². The number of H-pyrrole nitrogens is 1. The maximum Gasteiger partial charge on any atom is 0.275 e. The summed E-state index contributed by atoms with van der Waals surface area (Å²) in [6.07, 6.45) is 3.32. The number of benzene rings is 1. The summed E-state index contributed by atoms with van der Waals surface area (Å²) in [6.45, 7) is 5.89. The zero-order valence-corrected chi connectivity index (χ0v) is 24.6. The number of aryl methyl sites for hydroxylation is 2. The zero-order chi connectivity index (χ0) is 30.4. The van der Waals surface area contributed by atoms with Gasteiger partial charge in [-0.25, -0.2) is 13.4 Å². The standard InChI is InChI=1S/C26H36N7O8S/c1-4-6-19-21(17-27-35)30(3)24-23(19)28-25(29-26(24)34)20-16-18(7-8-22(20)40-14-5-2)42(38,39)32-11-9-31(10-12-32)13-15-41-33(36)37/h7-8,16-17,35-36H,4-6,9-15H2,1-3H3,(H,28,29,34)/q-1/b27-17+. The SMILES string of the molecule is CCCOc1ccc(S(=O)(=O)N2CCN(CCON([O-])O)CC2)cc1-c1nc2c(CCC)c(/C=N/O)n(C)c2c(=O)[nH]1. The number of hydrogen-bond donors (Lipinski definition) is 3. The third-order valence-corrected chi connectivity index (χ3v) is 9.01. The Morgan fingerprint density at radius 1 is 1.19 bits per heavy atom. The van der Waals surface area contributed by atoms with Gasteiger partial charge < -0.3 is 29.9 Å². The molecule has 0 unspecified atom stereocenters. The number of sulfonamides is 1.